The molecule has 1 aliphatic heterocycles. The summed E-state index contributed by atoms with van der Waals surface area (Å²) in [5, 5.41) is 10.4. The molecular weight excluding hydrogens is 472 g/mol. The van der Waals surface area contributed by atoms with Crippen molar-refractivity contribution in [1.29, 1.82) is 0 Å². The molecule has 1 saturated heterocycles. The van der Waals surface area contributed by atoms with Gasteiger partial charge in [-0.3, -0.25) is 9.59 Å². The average Bonchev–Trinajstić information content (AvgIpc) is 3.57. The normalized spacial score (nSPS) is 16.8. The van der Waals surface area contributed by atoms with Gasteiger partial charge in [0.25, 0.3) is 5.91 Å². The Morgan fingerprint density at radius 1 is 1.17 bits per heavy atom. The predicted molar refractivity (Wildman–Crippen MR) is 130 cm³/mol. The lowest BCUT2D eigenvalue weighted by molar-refractivity contribution is -0.116. The van der Waals surface area contributed by atoms with Crippen LogP contribution in [0.25, 0.3) is 0 Å². The lowest BCUT2D eigenvalue weighted by Gasteiger charge is -2.34. The van der Waals surface area contributed by atoms with Crippen molar-refractivity contribution in [3.8, 4) is 0 Å². The number of amides is 2. The zero-order valence-corrected chi connectivity index (χ0v) is 20.8. The SMILES string of the molecule is CC(C)N1CCC(NC(=O)c2cc(C(=O)OCC3CC3)nn2CC(=O)Nc2ccc(Cl)cn2)CC1. The second-order valence-electron chi connectivity index (χ2n) is 9.40. The molecule has 35 heavy (non-hydrogen) atoms. The number of nitrogens with zero attached hydrogens (tertiary/aromatic N) is 4. The molecule has 2 amide bonds. The molecular formula is C24H31ClN6O4. The van der Waals surface area contributed by atoms with Gasteiger partial charge < -0.3 is 20.3 Å². The summed E-state index contributed by atoms with van der Waals surface area (Å²) < 4.78 is 6.55. The van der Waals surface area contributed by atoms with Crippen molar-refractivity contribution < 1.29 is 19.1 Å². The van der Waals surface area contributed by atoms with Gasteiger partial charge in [-0.1, -0.05) is 11.6 Å². The van der Waals surface area contributed by atoms with E-state index in [0.717, 1.165) is 38.8 Å². The number of piperidine rings is 1. The molecule has 0 spiro atoms. The number of nitrogens with one attached hydrogen (secondary N) is 2. The summed E-state index contributed by atoms with van der Waals surface area (Å²) in [6, 6.07) is 5.04. The smallest absolute Gasteiger partial charge is 0.358 e. The number of likely N-dealkylation sites (tertiary alicyclic amines) is 1. The fourth-order valence-electron chi connectivity index (χ4n) is 3.96. The number of halogens is 1. The molecule has 1 aliphatic carbocycles. The number of rotatable bonds is 9. The van der Waals surface area contributed by atoms with Crippen LogP contribution in [0.5, 0.6) is 0 Å². The van der Waals surface area contributed by atoms with E-state index in [-0.39, 0.29) is 29.9 Å². The van der Waals surface area contributed by atoms with Gasteiger partial charge in [-0.2, -0.15) is 5.10 Å². The summed E-state index contributed by atoms with van der Waals surface area (Å²) in [5.74, 6) is -0.703. The van der Waals surface area contributed by atoms with Gasteiger partial charge in [0, 0.05) is 37.4 Å². The molecule has 0 bridgehead atoms. The maximum absolute atomic E-state index is 13.1. The van der Waals surface area contributed by atoms with Gasteiger partial charge in [0.1, 0.15) is 18.1 Å². The standard InChI is InChI=1S/C24H31ClN6O4/c1-15(2)30-9-7-18(8-10-30)27-23(33)20-11-19(24(34)35-14-16-3-4-16)29-31(20)13-22(32)28-21-6-5-17(25)12-26-21/h5-6,11-12,15-16,18H,3-4,7-10,13-14H2,1-2H3,(H,27,33)(H,26,28,32). The number of ether oxygens (including phenoxy) is 1. The minimum Gasteiger partial charge on any atom is -0.461 e. The first kappa shape index (κ1) is 25.1. The van der Waals surface area contributed by atoms with Crippen LogP contribution >= 0.6 is 11.6 Å². The number of hydrogen-bond acceptors (Lipinski definition) is 7. The second-order valence-corrected chi connectivity index (χ2v) is 9.84. The van der Waals surface area contributed by atoms with Crippen LogP contribution in [0.1, 0.15) is 60.5 Å². The molecule has 0 atom stereocenters. The van der Waals surface area contributed by atoms with Crippen molar-refractivity contribution in [3.63, 3.8) is 0 Å². The maximum Gasteiger partial charge on any atom is 0.358 e. The largest absolute Gasteiger partial charge is 0.461 e. The van der Waals surface area contributed by atoms with Crippen LogP contribution in [0.4, 0.5) is 5.82 Å². The van der Waals surface area contributed by atoms with Gasteiger partial charge >= 0.3 is 5.97 Å². The number of carbonyl (C=O) groups excluding carboxylic acids is 3. The van der Waals surface area contributed by atoms with Crippen LogP contribution in [0.15, 0.2) is 24.4 Å². The minimum absolute atomic E-state index is 0.00263. The Labute approximate surface area is 209 Å². The molecule has 2 aromatic heterocycles. The second kappa shape index (κ2) is 11.2. The van der Waals surface area contributed by atoms with Crippen LogP contribution < -0.4 is 10.6 Å². The van der Waals surface area contributed by atoms with Gasteiger partial charge in [0.05, 0.1) is 11.6 Å². The quantitative estimate of drug-likeness (QED) is 0.506. The molecule has 0 aromatic carbocycles. The molecule has 3 heterocycles. The Morgan fingerprint density at radius 2 is 1.91 bits per heavy atom. The van der Waals surface area contributed by atoms with Crippen molar-refractivity contribution in [2.45, 2.75) is 58.2 Å². The van der Waals surface area contributed by atoms with E-state index in [4.69, 9.17) is 16.3 Å². The van der Waals surface area contributed by atoms with Crippen molar-refractivity contribution in [2.75, 3.05) is 25.0 Å². The lowest BCUT2D eigenvalue weighted by Crippen LogP contribution is -2.47. The molecule has 11 heteroatoms. The fraction of sp³-hybridized carbons (Fsp3) is 0.542. The molecule has 0 radical (unpaired) electrons. The number of carbonyl (C=O) groups is 3. The Balaban J connectivity index is 1.45. The van der Waals surface area contributed by atoms with E-state index in [9.17, 15) is 14.4 Å². The number of esters is 1. The van der Waals surface area contributed by atoms with Gasteiger partial charge in [0.15, 0.2) is 5.69 Å². The highest BCUT2D eigenvalue weighted by Crippen LogP contribution is 2.29. The fourth-order valence-corrected chi connectivity index (χ4v) is 4.07. The van der Waals surface area contributed by atoms with Gasteiger partial charge in [-0.25, -0.2) is 14.5 Å². The molecule has 188 valence electrons. The van der Waals surface area contributed by atoms with Gasteiger partial charge in [-0.15, -0.1) is 0 Å². The summed E-state index contributed by atoms with van der Waals surface area (Å²) in [6.07, 6.45) is 5.17. The molecule has 2 N–H and O–H groups in total. The predicted octanol–water partition coefficient (Wildman–Crippen LogP) is 2.74. The number of pyridine rings is 1. The first-order valence-electron chi connectivity index (χ1n) is 12.0. The molecule has 4 rings (SSSR count). The van der Waals surface area contributed by atoms with Crippen LogP contribution in [0, 0.1) is 5.92 Å². The first-order chi connectivity index (χ1) is 16.8. The third-order valence-corrected chi connectivity index (χ3v) is 6.48. The van der Waals surface area contributed by atoms with Gasteiger partial charge in [0.2, 0.25) is 5.91 Å². The van der Waals surface area contributed by atoms with Crippen molar-refractivity contribution in [2.24, 2.45) is 5.92 Å². The van der Waals surface area contributed by atoms with Crippen LogP contribution in [-0.4, -0.2) is 69.2 Å². The van der Waals surface area contributed by atoms with Crippen molar-refractivity contribution in [1.82, 2.24) is 25.0 Å². The summed E-state index contributed by atoms with van der Waals surface area (Å²) in [6.45, 7) is 6.19. The third-order valence-electron chi connectivity index (χ3n) is 6.25. The van der Waals surface area contributed by atoms with Crippen molar-refractivity contribution in [3.05, 3.63) is 40.8 Å². The monoisotopic (exact) mass is 502 g/mol. The zero-order chi connectivity index (χ0) is 24.9. The Hall–Kier alpha value is -2.98. The highest BCUT2D eigenvalue weighted by atomic mass is 35.5. The van der Waals surface area contributed by atoms with E-state index in [2.05, 4.69) is 39.5 Å². The Kier molecular flexibility index (Phi) is 8.02. The third kappa shape index (κ3) is 7.02. The highest BCUT2D eigenvalue weighted by molar-refractivity contribution is 6.30. The average molecular weight is 503 g/mol. The molecule has 0 unspecified atom stereocenters. The van der Waals surface area contributed by atoms with E-state index in [1.165, 1.54) is 16.9 Å². The number of anilines is 1. The first-order valence-corrected chi connectivity index (χ1v) is 12.4. The summed E-state index contributed by atoms with van der Waals surface area (Å²) in [5.41, 5.74) is 0.136. The molecule has 10 nitrogen and oxygen atoms in total. The number of aromatic nitrogens is 3. The summed E-state index contributed by atoms with van der Waals surface area (Å²) in [4.78, 5) is 44.7. The maximum atomic E-state index is 13.1. The van der Waals surface area contributed by atoms with Gasteiger partial charge in [-0.05, 0) is 57.6 Å². The molecule has 2 fully saturated rings. The molecule has 2 aromatic rings. The van der Waals surface area contributed by atoms with Crippen LogP contribution in [0.3, 0.4) is 0 Å². The minimum atomic E-state index is -0.602. The molecule has 2 aliphatic rings. The van der Waals surface area contributed by atoms with E-state index >= 15 is 0 Å². The van der Waals surface area contributed by atoms with E-state index in [1.54, 1.807) is 12.1 Å². The van der Waals surface area contributed by atoms with E-state index in [0.29, 0.717) is 29.4 Å². The number of hydrogen-bond donors (Lipinski definition) is 2. The van der Waals surface area contributed by atoms with Crippen molar-refractivity contribution >= 4 is 35.2 Å². The molecule has 1 saturated carbocycles. The summed E-state index contributed by atoms with van der Waals surface area (Å²) in [7, 11) is 0. The van der Waals surface area contributed by atoms with Crippen LogP contribution in [-0.2, 0) is 16.1 Å². The highest BCUT2D eigenvalue weighted by Gasteiger charge is 2.28. The Morgan fingerprint density at radius 3 is 2.54 bits per heavy atom. The zero-order valence-electron chi connectivity index (χ0n) is 20.0. The Bertz CT molecular complexity index is 1060. The summed E-state index contributed by atoms with van der Waals surface area (Å²) >= 11 is 5.84. The van der Waals surface area contributed by atoms with E-state index in [1.807, 2.05) is 0 Å². The topological polar surface area (TPSA) is 118 Å². The van der Waals surface area contributed by atoms with Crippen LogP contribution in [0.2, 0.25) is 5.02 Å². The lowest BCUT2D eigenvalue weighted by atomic mass is 10.0. The van der Waals surface area contributed by atoms with E-state index < -0.39 is 11.9 Å².